The fourth-order valence-corrected chi connectivity index (χ4v) is 2.50. The third-order valence-corrected chi connectivity index (χ3v) is 3.95. The van der Waals surface area contributed by atoms with Crippen LogP contribution in [0.4, 0.5) is 10.1 Å². The number of nitrogens with zero attached hydrogens (tertiary/aromatic N) is 2. The van der Waals surface area contributed by atoms with Crippen LogP contribution in [0.25, 0.3) is 5.69 Å². The zero-order valence-electron chi connectivity index (χ0n) is 13.0. The monoisotopic (exact) mass is 379 g/mol. The van der Waals surface area contributed by atoms with E-state index in [4.69, 9.17) is 27.9 Å². The molecule has 1 heterocycles. The first-order valence-corrected chi connectivity index (χ1v) is 7.89. The van der Waals surface area contributed by atoms with Crippen molar-refractivity contribution in [3.8, 4) is 11.4 Å². The zero-order valence-corrected chi connectivity index (χ0v) is 14.5. The van der Waals surface area contributed by atoms with Crippen molar-refractivity contribution in [1.29, 1.82) is 0 Å². The van der Waals surface area contributed by atoms with Gasteiger partial charge in [-0.1, -0.05) is 23.2 Å². The van der Waals surface area contributed by atoms with Gasteiger partial charge in [-0.25, -0.2) is 9.07 Å². The van der Waals surface area contributed by atoms with Gasteiger partial charge in [-0.2, -0.15) is 5.10 Å². The number of aromatic nitrogens is 2. The lowest BCUT2D eigenvalue weighted by molar-refractivity contribution is 0.101. The van der Waals surface area contributed by atoms with E-state index in [0.717, 1.165) is 0 Å². The molecule has 0 aliphatic carbocycles. The highest BCUT2D eigenvalue weighted by Crippen LogP contribution is 2.27. The summed E-state index contributed by atoms with van der Waals surface area (Å²) in [5, 5.41) is 7.63. The van der Waals surface area contributed by atoms with Gasteiger partial charge in [0.2, 0.25) is 0 Å². The lowest BCUT2D eigenvalue weighted by Crippen LogP contribution is -2.14. The molecule has 0 saturated heterocycles. The minimum Gasteiger partial charge on any atom is -0.493 e. The van der Waals surface area contributed by atoms with E-state index in [2.05, 4.69) is 10.4 Å². The van der Waals surface area contributed by atoms with Crippen LogP contribution in [0.3, 0.4) is 0 Å². The third kappa shape index (κ3) is 3.75. The Morgan fingerprint density at radius 2 is 1.92 bits per heavy atom. The van der Waals surface area contributed by atoms with Gasteiger partial charge in [0.1, 0.15) is 5.82 Å². The van der Waals surface area contributed by atoms with Gasteiger partial charge in [-0.3, -0.25) is 4.79 Å². The summed E-state index contributed by atoms with van der Waals surface area (Å²) >= 11 is 12.0. The van der Waals surface area contributed by atoms with E-state index < -0.39 is 5.91 Å². The Bertz CT molecular complexity index is 926. The van der Waals surface area contributed by atoms with E-state index in [1.54, 1.807) is 12.1 Å². The molecular weight excluding hydrogens is 368 g/mol. The van der Waals surface area contributed by atoms with Crippen molar-refractivity contribution in [1.82, 2.24) is 9.78 Å². The standard InChI is InChI=1S/C17H12Cl2FN3O2/c1-25-15-9-23(12-5-3-11(20)4-6-12)22-16(15)17(24)21-14-8-10(18)2-7-13(14)19/h2-9H,1H3,(H,21,24). The maximum Gasteiger partial charge on any atom is 0.280 e. The van der Waals surface area contributed by atoms with E-state index in [-0.39, 0.29) is 17.3 Å². The van der Waals surface area contributed by atoms with Crippen LogP contribution in [0, 0.1) is 5.82 Å². The van der Waals surface area contributed by atoms with Gasteiger partial charge in [0, 0.05) is 5.02 Å². The van der Waals surface area contributed by atoms with Gasteiger partial charge < -0.3 is 10.1 Å². The van der Waals surface area contributed by atoms with Crippen LogP contribution in [-0.2, 0) is 0 Å². The van der Waals surface area contributed by atoms with Crippen LogP contribution in [0.1, 0.15) is 10.5 Å². The summed E-state index contributed by atoms with van der Waals surface area (Å²) in [6, 6.07) is 10.4. The Hall–Kier alpha value is -2.57. The maximum absolute atomic E-state index is 13.1. The number of hydrogen-bond donors (Lipinski definition) is 1. The molecule has 0 spiro atoms. The number of halogens is 3. The largest absolute Gasteiger partial charge is 0.493 e. The van der Waals surface area contributed by atoms with Crippen molar-refractivity contribution in [2.24, 2.45) is 0 Å². The van der Waals surface area contributed by atoms with Crippen molar-refractivity contribution < 1.29 is 13.9 Å². The molecule has 5 nitrogen and oxygen atoms in total. The van der Waals surface area contributed by atoms with Gasteiger partial charge in [-0.15, -0.1) is 0 Å². The van der Waals surface area contributed by atoms with Gasteiger partial charge in [0.25, 0.3) is 5.91 Å². The number of carbonyl (C=O) groups is 1. The molecule has 8 heteroatoms. The van der Waals surface area contributed by atoms with Crippen molar-refractivity contribution in [2.75, 3.05) is 12.4 Å². The predicted molar refractivity (Wildman–Crippen MR) is 94.5 cm³/mol. The summed E-state index contributed by atoms with van der Waals surface area (Å²) in [4.78, 5) is 12.5. The van der Waals surface area contributed by atoms with E-state index in [9.17, 15) is 9.18 Å². The van der Waals surface area contributed by atoms with Crippen LogP contribution in [0.15, 0.2) is 48.7 Å². The molecule has 3 rings (SSSR count). The average Bonchev–Trinajstić information content (AvgIpc) is 3.03. The van der Waals surface area contributed by atoms with E-state index in [0.29, 0.717) is 21.4 Å². The van der Waals surface area contributed by atoms with Crippen molar-refractivity contribution >= 4 is 34.8 Å². The molecule has 3 aromatic rings. The Kier molecular flexibility index (Phi) is 4.92. The fourth-order valence-electron chi connectivity index (χ4n) is 2.17. The number of methoxy groups -OCH3 is 1. The Balaban J connectivity index is 1.92. The molecule has 25 heavy (non-hydrogen) atoms. The Labute approximate surface area is 152 Å². The molecule has 1 amide bonds. The first-order chi connectivity index (χ1) is 12.0. The summed E-state index contributed by atoms with van der Waals surface area (Å²) < 4.78 is 19.7. The number of ether oxygens (including phenoxy) is 1. The molecule has 0 aliphatic heterocycles. The first-order valence-electron chi connectivity index (χ1n) is 7.14. The summed E-state index contributed by atoms with van der Waals surface area (Å²) in [5.74, 6) is -0.613. The number of hydrogen-bond acceptors (Lipinski definition) is 3. The molecule has 0 fully saturated rings. The third-order valence-electron chi connectivity index (χ3n) is 3.38. The predicted octanol–water partition coefficient (Wildman–Crippen LogP) is 4.58. The number of anilines is 1. The summed E-state index contributed by atoms with van der Waals surface area (Å²) in [6.45, 7) is 0. The first kappa shape index (κ1) is 17.3. The van der Waals surface area contributed by atoms with E-state index >= 15 is 0 Å². The smallest absolute Gasteiger partial charge is 0.280 e. The van der Waals surface area contributed by atoms with Crippen molar-refractivity contribution in [3.05, 3.63) is 70.2 Å². The number of amides is 1. The van der Waals surface area contributed by atoms with Gasteiger partial charge >= 0.3 is 0 Å². The Morgan fingerprint density at radius 1 is 1.20 bits per heavy atom. The Morgan fingerprint density at radius 3 is 2.60 bits per heavy atom. The van der Waals surface area contributed by atoms with Crippen LogP contribution in [-0.4, -0.2) is 22.8 Å². The molecule has 1 N–H and O–H groups in total. The van der Waals surface area contributed by atoms with Crippen LogP contribution in [0.2, 0.25) is 10.0 Å². The minimum absolute atomic E-state index is 0.0582. The second-order valence-corrected chi connectivity index (χ2v) is 5.89. The molecule has 0 bridgehead atoms. The second kappa shape index (κ2) is 7.13. The molecule has 2 aromatic carbocycles. The highest BCUT2D eigenvalue weighted by atomic mass is 35.5. The highest BCUT2D eigenvalue weighted by Gasteiger charge is 2.19. The van der Waals surface area contributed by atoms with Crippen LogP contribution < -0.4 is 10.1 Å². The SMILES string of the molecule is COc1cn(-c2ccc(F)cc2)nc1C(=O)Nc1cc(Cl)ccc1Cl. The molecule has 0 aliphatic rings. The number of benzene rings is 2. The van der Waals surface area contributed by atoms with Gasteiger partial charge in [0.15, 0.2) is 11.4 Å². The maximum atomic E-state index is 13.1. The van der Waals surface area contributed by atoms with Gasteiger partial charge in [0.05, 0.1) is 29.7 Å². The zero-order chi connectivity index (χ0) is 18.0. The van der Waals surface area contributed by atoms with Crippen LogP contribution >= 0.6 is 23.2 Å². The minimum atomic E-state index is -0.512. The van der Waals surface area contributed by atoms with Crippen molar-refractivity contribution in [2.45, 2.75) is 0 Å². The van der Waals surface area contributed by atoms with Gasteiger partial charge in [-0.05, 0) is 42.5 Å². The number of carbonyl (C=O) groups excluding carboxylic acids is 1. The average molecular weight is 380 g/mol. The molecule has 0 radical (unpaired) electrons. The van der Waals surface area contributed by atoms with E-state index in [1.165, 1.54) is 48.3 Å². The second-order valence-electron chi connectivity index (χ2n) is 5.05. The summed E-state index contributed by atoms with van der Waals surface area (Å²) in [5.41, 5.74) is 1.000. The van der Waals surface area contributed by atoms with Crippen molar-refractivity contribution in [3.63, 3.8) is 0 Å². The summed E-state index contributed by atoms with van der Waals surface area (Å²) in [6.07, 6.45) is 1.53. The summed E-state index contributed by atoms with van der Waals surface area (Å²) in [7, 11) is 1.43. The molecule has 0 atom stereocenters. The fraction of sp³-hybridized carbons (Fsp3) is 0.0588. The molecule has 1 aromatic heterocycles. The number of rotatable bonds is 4. The molecular formula is C17H12Cl2FN3O2. The lowest BCUT2D eigenvalue weighted by Gasteiger charge is -2.07. The topological polar surface area (TPSA) is 56.2 Å². The van der Waals surface area contributed by atoms with E-state index in [1.807, 2.05) is 0 Å². The number of nitrogens with one attached hydrogen (secondary N) is 1. The molecule has 0 unspecified atom stereocenters. The molecule has 128 valence electrons. The quantitative estimate of drug-likeness (QED) is 0.721. The van der Waals surface area contributed by atoms with Crippen LogP contribution in [0.5, 0.6) is 5.75 Å². The molecule has 0 saturated carbocycles. The highest BCUT2D eigenvalue weighted by molar-refractivity contribution is 6.35. The normalized spacial score (nSPS) is 10.6. The lowest BCUT2D eigenvalue weighted by atomic mass is 10.3.